The van der Waals surface area contributed by atoms with Crippen LogP contribution in [-0.2, 0) is 4.79 Å². The highest BCUT2D eigenvalue weighted by molar-refractivity contribution is 6.30. The number of halogens is 1. The van der Waals surface area contributed by atoms with Crippen molar-refractivity contribution in [3.63, 3.8) is 0 Å². The molecule has 1 fully saturated rings. The summed E-state index contributed by atoms with van der Waals surface area (Å²) in [6.07, 6.45) is 1.79. The molecule has 0 saturated carbocycles. The second-order valence-corrected chi connectivity index (χ2v) is 8.38. The van der Waals surface area contributed by atoms with Crippen molar-refractivity contribution < 1.29 is 23.7 Å². The molecule has 8 heteroatoms. The Bertz CT molecular complexity index is 1260. The summed E-state index contributed by atoms with van der Waals surface area (Å²) in [6.45, 7) is 1.91. The van der Waals surface area contributed by atoms with Crippen molar-refractivity contribution in [2.45, 2.75) is 19.0 Å². The highest BCUT2D eigenvalue weighted by Crippen LogP contribution is 2.29. The van der Waals surface area contributed by atoms with Crippen LogP contribution in [0.1, 0.15) is 33.1 Å². The summed E-state index contributed by atoms with van der Waals surface area (Å²) in [6, 6.07) is 18.5. The molecular formula is C26H25ClN3O4+. The molecule has 1 heterocycles. The Morgan fingerprint density at radius 1 is 1.03 bits per heavy atom. The summed E-state index contributed by atoms with van der Waals surface area (Å²) >= 11 is 6.09. The predicted octanol–water partition coefficient (Wildman–Crippen LogP) is 3.68. The van der Waals surface area contributed by atoms with Gasteiger partial charge < -0.3 is 14.8 Å². The lowest BCUT2D eigenvalue weighted by molar-refractivity contribution is -0.596. The molecule has 2 atom stereocenters. The van der Waals surface area contributed by atoms with Gasteiger partial charge in [-0.3, -0.25) is 9.59 Å². The van der Waals surface area contributed by atoms with Crippen molar-refractivity contribution in [2.75, 3.05) is 14.2 Å². The van der Waals surface area contributed by atoms with Crippen LogP contribution in [-0.4, -0.2) is 43.0 Å². The van der Waals surface area contributed by atoms with Crippen LogP contribution in [0, 0.1) is 6.92 Å². The number of hydrogen-bond donors (Lipinski definition) is 2. The van der Waals surface area contributed by atoms with Crippen LogP contribution in [0.5, 0.6) is 11.5 Å². The first-order valence-electron chi connectivity index (χ1n) is 10.7. The Morgan fingerprint density at radius 3 is 2.44 bits per heavy atom. The first kappa shape index (κ1) is 23.3. The van der Waals surface area contributed by atoms with E-state index in [0.29, 0.717) is 22.1 Å². The number of nitrogens with one attached hydrogen (secondary N) is 2. The van der Waals surface area contributed by atoms with E-state index in [1.165, 1.54) is 0 Å². The van der Waals surface area contributed by atoms with Crippen molar-refractivity contribution in [3.05, 3.63) is 94.0 Å². The van der Waals surface area contributed by atoms with Gasteiger partial charge in [0.05, 0.1) is 14.2 Å². The van der Waals surface area contributed by atoms with E-state index < -0.39 is 12.1 Å². The lowest BCUT2D eigenvalue weighted by Gasteiger charge is -2.15. The van der Waals surface area contributed by atoms with Gasteiger partial charge in [-0.05, 0) is 49.4 Å². The van der Waals surface area contributed by atoms with Gasteiger partial charge in [0.15, 0.2) is 17.5 Å². The maximum atomic E-state index is 13.0. The van der Waals surface area contributed by atoms with E-state index in [9.17, 15) is 9.59 Å². The summed E-state index contributed by atoms with van der Waals surface area (Å²) in [4.78, 5) is 26.0. The van der Waals surface area contributed by atoms with E-state index in [4.69, 9.17) is 21.1 Å². The molecule has 34 heavy (non-hydrogen) atoms. The number of benzene rings is 3. The molecule has 3 aromatic carbocycles. The number of carbonyl (C=O) groups is 2. The minimum absolute atomic E-state index is 0.322. The number of carbonyl (C=O) groups excluding carboxylic acids is 2. The topological polar surface area (TPSA) is 79.7 Å². The summed E-state index contributed by atoms with van der Waals surface area (Å²) in [5, 5.41) is 3.48. The SMILES string of the molecule is COc1ccc(/C=[N+]2\NC(=O)[C@H](NC(=O)c3cccc(C)c3)[C@H]2c2ccc(Cl)cc2)cc1OC. The Balaban J connectivity index is 1.72. The maximum Gasteiger partial charge on any atom is 0.304 e. The van der Waals surface area contributed by atoms with Crippen molar-refractivity contribution in [1.29, 1.82) is 0 Å². The molecule has 1 aliphatic heterocycles. The van der Waals surface area contributed by atoms with Gasteiger partial charge >= 0.3 is 5.91 Å². The van der Waals surface area contributed by atoms with Crippen molar-refractivity contribution >= 4 is 29.6 Å². The fraction of sp³-hybridized carbons (Fsp3) is 0.192. The standard InChI is InChI=1S/C26H24ClN3O4/c1-16-5-4-6-19(13-16)25(31)28-23-24(18-8-10-20(27)11-9-18)30(29-26(23)32)15-17-7-12-21(33-2)22(14-17)34-3/h4-15,23-24H,1-3H3,(H-,28,29,31,32)/p+1/b30-15-/t23-,24-/m1/s1. The van der Waals surface area contributed by atoms with Gasteiger partial charge in [-0.15, -0.1) is 10.1 Å². The zero-order valence-electron chi connectivity index (χ0n) is 19.0. The first-order valence-corrected chi connectivity index (χ1v) is 11.1. The highest BCUT2D eigenvalue weighted by Gasteiger charge is 2.47. The van der Waals surface area contributed by atoms with E-state index in [2.05, 4.69) is 10.7 Å². The highest BCUT2D eigenvalue weighted by atomic mass is 35.5. The number of hydrazine groups is 1. The summed E-state index contributed by atoms with van der Waals surface area (Å²) in [7, 11) is 3.13. The normalized spacial score (nSPS) is 18.5. The van der Waals surface area contributed by atoms with Gasteiger partial charge in [-0.2, -0.15) is 0 Å². The number of amides is 2. The van der Waals surface area contributed by atoms with Crippen molar-refractivity contribution in [3.8, 4) is 11.5 Å². The average molecular weight is 479 g/mol. The number of hydrazone groups is 1. The van der Waals surface area contributed by atoms with Crippen LogP contribution in [0.4, 0.5) is 0 Å². The van der Waals surface area contributed by atoms with Gasteiger partial charge in [0.25, 0.3) is 5.91 Å². The fourth-order valence-electron chi connectivity index (χ4n) is 3.94. The molecule has 0 spiro atoms. The van der Waals surface area contributed by atoms with Gasteiger partial charge in [0, 0.05) is 21.7 Å². The molecule has 0 bridgehead atoms. The molecule has 2 amide bonds. The molecular weight excluding hydrogens is 454 g/mol. The molecule has 4 rings (SSSR count). The predicted molar refractivity (Wildman–Crippen MR) is 130 cm³/mol. The zero-order valence-corrected chi connectivity index (χ0v) is 19.8. The minimum Gasteiger partial charge on any atom is -0.493 e. The Labute approximate surface area is 202 Å². The van der Waals surface area contributed by atoms with Gasteiger partial charge in [0.2, 0.25) is 12.3 Å². The summed E-state index contributed by atoms with van der Waals surface area (Å²) in [5.41, 5.74) is 5.91. The van der Waals surface area contributed by atoms with E-state index >= 15 is 0 Å². The summed E-state index contributed by atoms with van der Waals surface area (Å²) in [5.74, 6) is 0.519. The molecule has 1 saturated heterocycles. The quantitative estimate of drug-likeness (QED) is 0.530. The van der Waals surface area contributed by atoms with Gasteiger partial charge in [-0.25, -0.2) is 0 Å². The molecule has 0 radical (unpaired) electrons. The number of hydrogen-bond acceptors (Lipinski definition) is 4. The molecule has 2 N–H and O–H groups in total. The molecule has 0 aromatic heterocycles. The third kappa shape index (κ3) is 4.89. The Hall–Kier alpha value is -3.84. The molecule has 3 aromatic rings. The van der Waals surface area contributed by atoms with Gasteiger partial charge in [-0.1, -0.05) is 41.4 Å². The number of aryl methyl sites for hydroxylation is 1. The summed E-state index contributed by atoms with van der Waals surface area (Å²) < 4.78 is 12.4. The molecule has 0 unspecified atom stereocenters. The van der Waals surface area contributed by atoms with E-state index in [1.807, 2.05) is 43.3 Å². The third-order valence-electron chi connectivity index (χ3n) is 5.61. The van der Waals surface area contributed by atoms with E-state index in [-0.39, 0.29) is 11.8 Å². The minimum atomic E-state index is -0.828. The van der Waals surface area contributed by atoms with Crippen LogP contribution in [0.25, 0.3) is 0 Å². The van der Waals surface area contributed by atoms with Gasteiger partial charge in [0.1, 0.15) is 0 Å². The van der Waals surface area contributed by atoms with Crippen LogP contribution in [0.3, 0.4) is 0 Å². The van der Waals surface area contributed by atoms with Crippen LogP contribution in [0.2, 0.25) is 5.02 Å². The largest absolute Gasteiger partial charge is 0.493 e. The zero-order chi connectivity index (χ0) is 24.2. The van der Waals surface area contributed by atoms with Crippen LogP contribution < -0.4 is 20.2 Å². The molecule has 174 valence electrons. The lowest BCUT2D eigenvalue weighted by atomic mass is 9.99. The molecule has 0 aliphatic carbocycles. The first-order chi connectivity index (χ1) is 16.4. The number of rotatable bonds is 6. The van der Waals surface area contributed by atoms with E-state index in [0.717, 1.165) is 16.7 Å². The van der Waals surface area contributed by atoms with Crippen LogP contribution >= 0.6 is 11.6 Å². The molecule has 1 aliphatic rings. The van der Waals surface area contributed by atoms with Crippen molar-refractivity contribution in [2.24, 2.45) is 0 Å². The fourth-order valence-corrected chi connectivity index (χ4v) is 4.07. The number of ether oxygens (including phenoxy) is 2. The smallest absolute Gasteiger partial charge is 0.304 e. The Kier molecular flexibility index (Phi) is 6.84. The van der Waals surface area contributed by atoms with Crippen molar-refractivity contribution in [1.82, 2.24) is 10.7 Å². The third-order valence-corrected chi connectivity index (χ3v) is 5.86. The number of nitrogens with zero attached hydrogens (tertiary/aromatic N) is 1. The molecule has 7 nitrogen and oxygen atoms in total. The second kappa shape index (κ2) is 9.97. The Morgan fingerprint density at radius 2 is 1.76 bits per heavy atom. The van der Waals surface area contributed by atoms with E-state index in [1.54, 1.807) is 55.5 Å². The maximum absolute atomic E-state index is 13.0. The average Bonchev–Trinajstić information content (AvgIpc) is 3.13. The number of methoxy groups -OCH3 is 2. The lowest BCUT2D eigenvalue weighted by Crippen LogP contribution is -2.42. The monoisotopic (exact) mass is 478 g/mol. The van der Waals surface area contributed by atoms with Crippen LogP contribution in [0.15, 0.2) is 66.7 Å². The second-order valence-electron chi connectivity index (χ2n) is 7.94.